The molecule has 0 aliphatic carbocycles. The van der Waals surface area contributed by atoms with Crippen LogP contribution in [0.4, 0.5) is 11.6 Å². The first-order valence-corrected chi connectivity index (χ1v) is 11.0. The lowest BCUT2D eigenvalue weighted by atomic mass is 10.1. The van der Waals surface area contributed by atoms with Gasteiger partial charge >= 0.3 is 0 Å². The van der Waals surface area contributed by atoms with Crippen molar-refractivity contribution in [2.45, 2.75) is 19.0 Å². The SMILES string of the molecule is O=C(C[C@H]1C(=O)N(Cc2cccnc2)c2nc3ccccc3n21)Nc1ccc2c(c1)OCCO2. The fraction of sp³-hybridized carbons (Fsp3) is 0.200. The van der Waals surface area contributed by atoms with Gasteiger partial charge < -0.3 is 14.8 Å². The number of hydrogen-bond donors (Lipinski definition) is 1. The van der Waals surface area contributed by atoms with Gasteiger partial charge in [0.15, 0.2) is 11.5 Å². The summed E-state index contributed by atoms with van der Waals surface area (Å²) in [5.74, 6) is 1.32. The number of nitrogens with zero attached hydrogens (tertiary/aromatic N) is 4. The topological polar surface area (TPSA) is 98.6 Å². The van der Waals surface area contributed by atoms with Crippen molar-refractivity contribution in [3.8, 4) is 11.5 Å². The van der Waals surface area contributed by atoms with Gasteiger partial charge in [-0.05, 0) is 35.9 Å². The molecule has 2 amide bonds. The maximum Gasteiger partial charge on any atom is 0.253 e. The van der Waals surface area contributed by atoms with Crippen molar-refractivity contribution in [2.75, 3.05) is 23.4 Å². The van der Waals surface area contributed by atoms with E-state index in [-0.39, 0.29) is 18.2 Å². The fourth-order valence-electron chi connectivity index (χ4n) is 4.43. The minimum Gasteiger partial charge on any atom is -0.486 e. The van der Waals surface area contributed by atoms with E-state index in [0.29, 0.717) is 42.9 Å². The van der Waals surface area contributed by atoms with E-state index < -0.39 is 6.04 Å². The highest BCUT2D eigenvalue weighted by Gasteiger charge is 2.41. The molecular formula is C25H21N5O4. The molecule has 1 atom stereocenters. The van der Waals surface area contributed by atoms with Crippen molar-refractivity contribution >= 4 is 34.5 Å². The molecule has 0 bridgehead atoms. The van der Waals surface area contributed by atoms with Gasteiger partial charge in [0.1, 0.15) is 19.3 Å². The predicted molar refractivity (Wildman–Crippen MR) is 125 cm³/mol. The van der Waals surface area contributed by atoms with Crippen molar-refractivity contribution in [1.29, 1.82) is 0 Å². The van der Waals surface area contributed by atoms with Crippen LogP contribution in [-0.2, 0) is 16.1 Å². The Labute approximate surface area is 194 Å². The number of carbonyl (C=O) groups is 2. The monoisotopic (exact) mass is 455 g/mol. The largest absolute Gasteiger partial charge is 0.486 e. The third kappa shape index (κ3) is 3.51. The number of fused-ring (bicyclic) bond motifs is 4. The number of hydrogen-bond acceptors (Lipinski definition) is 6. The van der Waals surface area contributed by atoms with E-state index in [2.05, 4.69) is 10.3 Å². The lowest BCUT2D eigenvalue weighted by molar-refractivity contribution is -0.124. The zero-order valence-corrected chi connectivity index (χ0v) is 18.2. The zero-order valence-electron chi connectivity index (χ0n) is 18.2. The third-order valence-electron chi connectivity index (χ3n) is 5.95. The Kier molecular flexibility index (Phi) is 4.87. The molecule has 4 aromatic rings. The number of rotatable bonds is 5. The van der Waals surface area contributed by atoms with Crippen LogP contribution in [0, 0.1) is 0 Å². The number of imidazole rings is 1. The highest BCUT2D eigenvalue weighted by Crippen LogP contribution is 2.38. The van der Waals surface area contributed by atoms with E-state index in [0.717, 1.165) is 16.6 Å². The average Bonchev–Trinajstić information content (AvgIpc) is 3.35. The molecule has 2 aliphatic rings. The summed E-state index contributed by atoms with van der Waals surface area (Å²) in [6.45, 7) is 1.29. The number of benzene rings is 2. The number of para-hydroxylation sites is 2. The number of ether oxygens (including phenoxy) is 2. The van der Waals surface area contributed by atoms with Crippen LogP contribution in [0.25, 0.3) is 11.0 Å². The van der Waals surface area contributed by atoms with Crippen LogP contribution < -0.4 is 19.7 Å². The Morgan fingerprint density at radius 2 is 1.91 bits per heavy atom. The molecule has 6 rings (SSSR count). The van der Waals surface area contributed by atoms with Gasteiger partial charge in [-0.3, -0.25) is 24.0 Å². The summed E-state index contributed by atoms with van der Waals surface area (Å²) in [4.78, 5) is 37.0. The summed E-state index contributed by atoms with van der Waals surface area (Å²) in [6.07, 6.45) is 3.39. The van der Waals surface area contributed by atoms with Gasteiger partial charge in [-0.1, -0.05) is 18.2 Å². The molecule has 34 heavy (non-hydrogen) atoms. The van der Waals surface area contributed by atoms with Crippen molar-refractivity contribution in [1.82, 2.24) is 14.5 Å². The van der Waals surface area contributed by atoms with Crippen LogP contribution in [0.3, 0.4) is 0 Å². The molecule has 0 unspecified atom stereocenters. The van der Waals surface area contributed by atoms with Crippen LogP contribution in [0.15, 0.2) is 67.0 Å². The standard InChI is InChI=1S/C25H21N5O4/c31-23(27-17-7-8-21-22(12-17)34-11-10-33-21)13-20-24(32)29(15-16-4-3-9-26-14-16)25-28-18-5-1-2-6-19(18)30(20)25/h1-9,12,14,20H,10-11,13,15H2,(H,27,31)/t20-/m0/s1. The Morgan fingerprint density at radius 3 is 2.76 bits per heavy atom. The average molecular weight is 455 g/mol. The number of amides is 2. The van der Waals surface area contributed by atoms with Crippen LogP contribution in [0.1, 0.15) is 18.0 Å². The van der Waals surface area contributed by atoms with Crippen molar-refractivity contribution in [2.24, 2.45) is 0 Å². The lowest BCUT2D eigenvalue weighted by Crippen LogP contribution is -2.31. The summed E-state index contributed by atoms with van der Waals surface area (Å²) < 4.78 is 13.0. The summed E-state index contributed by atoms with van der Waals surface area (Å²) in [7, 11) is 0. The van der Waals surface area contributed by atoms with E-state index in [1.807, 2.05) is 41.0 Å². The molecule has 4 heterocycles. The lowest BCUT2D eigenvalue weighted by Gasteiger charge is -2.19. The highest BCUT2D eigenvalue weighted by molar-refractivity contribution is 6.05. The second-order valence-corrected chi connectivity index (χ2v) is 8.18. The first-order chi connectivity index (χ1) is 16.7. The van der Waals surface area contributed by atoms with Gasteiger partial charge in [0.05, 0.1) is 24.0 Å². The molecule has 9 nitrogen and oxygen atoms in total. The zero-order chi connectivity index (χ0) is 23.1. The third-order valence-corrected chi connectivity index (χ3v) is 5.95. The first kappa shape index (κ1) is 20.2. The molecule has 0 spiro atoms. The number of carbonyl (C=O) groups excluding carboxylic acids is 2. The molecule has 9 heteroatoms. The van der Waals surface area contributed by atoms with Crippen LogP contribution in [0.5, 0.6) is 11.5 Å². The molecular weight excluding hydrogens is 434 g/mol. The summed E-state index contributed by atoms with van der Waals surface area (Å²) >= 11 is 0. The Balaban J connectivity index is 1.28. The van der Waals surface area contributed by atoms with Crippen molar-refractivity contribution < 1.29 is 19.1 Å². The van der Waals surface area contributed by atoms with Crippen molar-refractivity contribution in [3.63, 3.8) is 0 Å². The molecule has 2 aromatic heterocycles. The molecule has 0 saturated carbocycles. The van der Waals surface area contributed by atoms with E-state index in [1.54, 1.807) is 35.5 Å². The summed E-state index contributed by atoms with van der Waals surface area (Å²) in [5.41, 5.74) is 3.06. The normalized spacial score (nSPS) is 16.5. The number of nitrogens with one attached hydrogen (secondary N) is 1. The number of anilines is 2. The minimum absolute atomic E-state index is 0.0236. The molecule has 1 N–H and O–H groups in total. The molecule has 2 aromatic carbocycles. The Morgan fingerprint density at radius 1 is 1.06 bits per heavy atom. The first-order valence-electron chi connectivity index (χ1n) is 11.0. The highest BCUT2D eigenvalue weighted by atomic mass is 16.6. The Hall–Kier alpha value is -4.40. The maximum absolute atomic E-state index is 13.5. The maximum atomic E-state index is 13.5. The summed E-state index contributed by atoms with van der Waals surface area (Å²) in [5, 5.41) is 2.89. The van der Waals surface area contributed by atoms with Crippen LogP contribution in [-0.4, -0.2) is 39.6 Å². The molecule has 0 fully saturated rings. The van der Waals surface area contributed by atoms with Gasteiger partial charge in [-0.15, -0.1) is 0 Å². The van der Waals surface area contributed by atoms with Crippen LogP contribution in [0.2, 0.25) is 0 Å². The molecule has 0 radical (unpaired) electrons. The quantitative estimate of drug-likeness (QED) is 0.496. The molecule has 2 aliphatic heterocycles. The number of pyridine rings is 1. The van der Waals surface area contributed by atoms with E-state index >= 15 is 0 Å². The van der Waals surface area contributed by atoms with Gasteiger partial charge in [-0.25, -0.2) is 4.98 Å². The van der Waals surface area contributed by atoms with Gasteiger partial charge in [0, 0.05) is 24.1 Å². The Bertz CT molecular complexity index is 1400. The number of aromatic nitrogens is 3. The second-order valence-electron chi connectivity index (χ2n) is 8.18. The fourth-order valence-corrected chi connectivity index (χ4v) is 4.43. The summed E-state index contributed by atoms with van der Waals surface area (Å²) in [6, 6.07) is 15.9. The van der Waals surface area contributed by atoms with E-state index in [9.17, 15) is 9.59 Å². The van der Waals surface area contributed by atoms with Gasteiger partial charge in [0.25, 0.3) is 5.91 Å². The second kappa shape index (κ2) is 8.18. The van der Waals surface area contributed by atoms with E-state index in [4.69, 9.17) is 14.5 Å². The predicted octanol–water partition coefficient (Wildman–Crippen LogP) is 3.32. The minimum atomic E-state index is -0.698. The molecule has 170 valence electrons. The van der Waals surface area contributed by atoms with Crippen LogP contribution >= 0.6 is 0 Å². The van der Waals surface area contributed by atoms with Gasteiger partial charge in [0.2, 0.25) is 11.9 Å². The van der Waals surface area contributed by atoms with E-state index in [1.165, 1.54) is 0 Å². The smallest absolute Gasteiger partial charge is 0.253 e. The van der Waals surface area contributed by atoms with Crippen molar-refractivity contribution in [3.05, 3.63) is 72.6 Å². The van der Waals surface area contributed by atoms with Gasteiger partial charge in [-0.2, -0.15) is 0 Å². The molecule has 0 saturated heterocycles.